The molecule has 0 bridgehead atoms. The van der Waals surface area contributed by atoms with Crippen molar-refractivity contribution in [1.29, 1.82) is 0 Å². The van der Waals surface area contributed by atoms with Crippen molar-refractivity contribution in [3.8, 4) is 16.8 Å². The van der Waals surface area contributed by atoms with Crippen molar-refractivity contribution in [3.63, 3.8) is 0 Å². The van der Waals surface area contributed by atoms with Crippen molar-refractivity contribution in [2.75, 3.05) is 0 Å². The van der Waals surface area contributed by atoms with Crippen LogP contribution in [0.1, 0.15) is 5.56 Å². The van der Waals surface area contributed by atoms with E-state index in [4.69, 9.17) is 23.2 Å². The Kier molecular flexibility index (Phi) is 5.53. The minimum Gasteiger partial charge on any atom is -0.348 e. The molecule has 3 rings (SSSR count). The molecule has 0 aliphatic rings. The van der Waals surface area contributed by atoms with Crippen LogP contribution in [0, 0.1) is 0 Å². The molecule has 0 atom stereocenters. The van der Waals surface area contributed by atoms with E-state index in [-0.39, 0.29) is 5.91 Å². The second-order valence-corrected chi connectivity index (χ2v) is 6.06. The lowest BCUT2D eigenvalue weighted by Gasteiger charge is -2.06. The predicted molar refractivity (Wildman–Crippen MR) is 101 cm³/mol. The molecule has 1 heterocycles. The van der Waals surface area contributed by atoms with Crippen molar-refractivity contribution in [2.24, 2.45) is 0 Å². The molecule has 0 spiro atoms. The number of halogens is 2. The third-order valence-electron chi connectivity index (χ3n) is 3.58. The van der Waals surface area contributed by atoms with Crippen molar-refractivity contribution in [3.05, 3.63) is 83.1 Å². The molecule has 4 nitrogen and oxygen atoms in total. The van der Waals surface area contributed by atoms with Crippen LogP contribution in [-0.4, -0.2) is 15.7 Å². The Labute approximate surface area is 155 Å². The van der Waals surface area contributed by atoms with Gasteiger partial charge in [0, 0.05) is 34.9 Å². The van der Waals surface area contributed by atoms with Gasteiger partial charge in [-0.15, -0.1) is 0 Å². The van der Waals surface area contributed by atoms with E-state index in [0.717, 1.165) is 22.4 Å². The van der Waals surface area contributed by atoms with Gasteiger partial charge < -0.3 is 5.32 Å². The largest absolute Gasteiger partial charge is 0.348 e. The summed E-state index contributed by atoms with van der Waals surface area (Å²) >= 11 is 11.6. The number of hydrogen-bond donors (Lipinski definition) is 1. The highest BCUT2D eigenvalue weighted by molar-refractivity contribution is 6.31. The zero-order valence-corrected chi connectivity index (χ0v) is 14.7. The summed E-state index contributed by atoms with van der Waals surface area (Å²) in [6.45, 7) is 0.362. The molecule has 0 saturated heterocycles. The van der Waals surface area contributed by atoms with Crippen LogP contribution in [0.2, 0.25) is 5.02 Å². The molecule has 0 fully saturated rings. The Hall–Kier alpha value is -2.56. The van der Waals surface area contributed by atoms with Crippen molar-refractivity contribution in [1.82, 2.24) is 15.1 Å². The summed E-state index contributed by atoms with van der Waals surface area (Å²) in [6.07, 6.45) is 4.99. The van der Waals surface area contributed by atoms with E-state index in [1.165, 1.54) is 11.6 Å². The van der Waals surface area contributed by atoms with Crippen LogP contribution < -0.4 is 5.32 Å². The van der Waals surface area contributed by atoms with Crippen LogP contribution in [0.5, 0.6) is 0 Å². The minimum absolute atomic E-state index is 0.256. The minimum atomic E-state index is -0.256. The summed E-state index contributed by atoms with van der Waals surface area (Å²) in [5, 5.41) is 7.75. The van der Waals surface area contributed by atoms with Crippen LogP contribution in [-0.2, 0) is 11.3 Å². The number of amides is 1. The number of carbonyl (C=O) groups is 1. The van der Waals surface area contributed by atoms with Crippen LogP contribution in [0.15, 0.2) is 72.5 Å². The number of para-hydroxylation sites is 1. The molecule has 6 heteroatoms. The van der Waals surface area contributed by atoms with E-state index in [1.807, 2.05) is 59.4 Å². The first-order valence-electron chi connectivity index (χ1n) is 7.60. The maximum atomic E-state index is 11.5. The van der Waals surface area contributed by atoms with Crippen molar-refractivity contribution in [2.45, 2.75) is 6.54 Å². The van der Waals surface area contributed by atoms with Gasteiger partial charge in [0.2, 0.25) is 5.91 Å². The quantitative estimate of drug-likeness (QED) is 0.668. The lowest BCUT2D eigenvalue weighted by molar-refractivity contribution is -0.116. The summed E-state index contributed by atoms with van der Waals surface area (Å²) in [7, 11) is 0. The molecule has 1 N–H and O–H groups in total. The summed E-state index contributed by atoms with van der Waals surface area (Å²) in [5.41, 5.74) is 4.94. The number of aromatic nitrogens is 2. The first-order chi connectivity index (χ1) is 12.2. The predicted octanol–water partition coefficient (Wildman–Crippen LogP) is 4.56. The summed E-state index contributed by atoms with van der Waals surface area (Å²) in [5.74, 6) is -0.256. The van der Waals surface area contributed by atoms with Crippen LogP contribution in [0.25, 0.3) is 16.8 Å². The molecule has 126 valence electrons. The maximum Gasteiger partial charge on any atom is 0.245 e. The third kappa shape index (κ3) is 4.50. The fraction of sp³-hybridized carbons (Fsp3) is 0.0526. The number of hydrogen-bond acceptors (Lipinski definition) is 2. The number of nitrogens with one attached hydrogen (secondary N) is 1. The second-order valence-electron chi connectivity index (χ2n) is 5.37. The lowest BCUT2D eigenvalue weighted by atomic mass is 10.1. The Bertz CT molecular complexity index is 904. The Morgan fingerprint density at radius 2 is 1.96 bits per heavy atom. The fourth-order valence-electron chi connectivity index (χ4n) is 2.42. The van der Waals surface area contributed by atoms with Gasteiger partial charge in [-0.25, -0.2) is 4.68 Å². The van der Waals surface area contributed by atoms with Gasteiger partial charge in [-0.05, 0) is 41.5 Å². The molecule has 0 aliphatic heterocycles. The molecular formula is C19H15Cl2N3O. The van der Waals surface area contributed by atoms with E-state index in [2.05, 4.69) is 10.4 Å². The van der Waals surface area contributed by atoms with E-state index < -0.39 is 0 Å². The summed E-state index contributed by atoms with van der Waals surface area (Å²) < 4.78 is 1.81. The Balaban J connectivity index is 1.83. The first-order valence-corrected chi connectivity index (χ1v) is 8.41. The fourth-order valence-corrected chi connectivity index (χ4v) is 2.79. The maximum absolute atomic E-state index is 11.5. The molecule has 1 aromatic heterocycles. The molecule has 0 aliphatic carbocycles. The molecule has 0 unspecified atom stereocenters. The lowest BCUT2D eigenvalue weighted by Crippen LogP contribution is -2.20. The van der Waals surface area contributed by atoms with Gasteiger partial charge in [0.1, 0.15) is 0 Å². The topological polar surface area (TPSA) is 46.9 Å². The van der Waals surface area contributed by atoms with Crippen LogP contribution in [0.3, 0.4) is 0 Å². The van der Waals surface area contributed by atoms with E-state index in [0.29, 0.717) is 11.6 Å². The van der Waals surface area contributed by atoms with Gasteiger partial charge in [-0.1, -0.05) is 41.4 Å². The van der Waals surface area contributed by atoms with Gasteiger partial charge in [0.25, 0.3) is 0 Å². The highest BCUT2D eigenvalue weighted by Crippen LogP contribution is 2.25. The van der Waals surface area contributed by atoms with Gasteiger partial charge in [0.05, 0.1) is 11.9 Å². The monoisotopic (exact) mass is 371 g/mol. The second kappa shape index (κ2) is 8.01. The average molecular weight is 372 g/mol. The van der Waals surface area contributed by atoms with Crippen molar-refractivity contribution >= 4 is 29.1 Å². The van der Waals surface area contributed by atoms with Gasteiger partial charge in [-0.2, -0.15) is 5.10 Å². The average Bonchev–Trinajstić information content (AvgIpc) is 3.11. The molecule has 0 saturated carbocycles. The number of rotatable bonds is 5. The van der Waals surface area contributed by atoms with Crippen LogP contribution >= 0.6 is 23.2 Å². The number of carbonyl (C=O) groups excluding carboxylic acids is 1. The van der Waals surface area contributed by atoms with Crippen LogP contribution in [0.4, 0.5) is 0 Å². The zero-order valence-electron chi connectivity index (χ0n) is 13.2. The molecule has 1 amide bonds. The highest BCUT2D eigenvalue weighted by Gasteiger charge is 2.07. The third-order valence-corrected chi connectivity index (χ3v) is 3.92. The van der Waals surface area contributed by atoms with Gasteiger partial charge in [0.15, 0.2) is 0 Å². The standard InChI is InChI=1S/C19H15Cl2N3O/c20-7-6-19(25)22-11-14-8-15(10-17(21)9-14)16-12-23-24(13-16)18-4-2-1-3-5-18/h1-10,12-13H,11H2,(H,22,25). The van der Waals surface area contributed by atoms with Gasteiger partial charge in [-0.3, -0.25) is 4.79 Å². The highest BCUT2D eigenvalue weighted by atomic mass is 35.5. The van der Waals surface area contributed by atoms with E-state index in [9.17, 15) is 4.79 Å². The molecule has 0 radical (unpaired) electrons. The summed E-state index contributed by atoms with van der Waals surface area (Å²) in [4.78, 5) is 11.5. The normalized spacial score (nSPS) is 11.0. The molecular weight excluding hydrogens is 357 g/mol. The Morgan fingerprint density at radius 1 is 1.16 bits per heavy atom. The van der Waals surface area contributed by atoms with E-state index in [1.54, 1.807) is 6.20 Å². The molecule has 25 heavy (non-hydrogen) atoms. The van der Waals surface area contributed by atoms with E-state index >= 15 is 0 Å². The molecule has 3 aromatic rings. The molecule has 2 aromatic carbocycles. The SMILES string of the molecule is O=C(C=CCl)NCc1cc(Cl)cc(-c2cnn(-c3ccccc3)c2)c1. The number of benzene rings is 2. The van der Waals surface area contributed by atoms with Crippen molar-refractivity contribution < 1.29 is 4.79 Å². The van der Waals surface area contributed by atoms with Gasteiger partial charge >= 0.3 is 0 Å². The smallest absolute Gasteiger partial charge is 0.245 e. The number of nitrogens with zero attached hydrogens (tertiary/aromatic N) is 2. The zero-order chi connectivity index (χ0) is 17.6. The Morgan fingerprint density at radius 3 is 2.72 bits per heavy atom. The first kappa shape index (κ1) is 17.3. The summed E-state index contributed by atoms with van der Waals surface area (Å²) in [6, 6.07) is 15.5.